The maximum Gasteiger partial charge on any atom is 0.338 e. The standard InChI is InChI=1S/C23H26N2O6/c26-21(17-12-20(24-13-17)22(27)25-9-1-2-10-25)15-31-23(28)16-5-7-18(8-6-16)30-14-19-4-3-11-29-19/h5-8,12-13,19,24H,1-4,9-11,14-15H2. The third-order valence-corrected chi connectivity index (χ3v) is 5.51. The van der Waals surface area contributed by atoms with Gasteiger partial charge in [-0.2, -0.15) is 0 Å². The van der Waals surface area contributed by atoms with Gasteiger partial charge in [0.2, 0.25) is 5.78 Å². The average molecular weight is 426 g/mol. The van der Waals surface area contributed by atoms with Gasteiger partial charge in [0.15, 0.2) is 6.61 Å². The Kier molecular flexibility index (Phi) is 6.66. The van der Waals surface area contributed by atoms with Crippen LogP contribution in [0.4, 0.5) is 0 Å². The molecule has 31 heavy (non-hydrogen) atoms. The first-order valence-corrected chi connectivity index (χ1v) is 10.6. The van der Waals surface area contributed by atoms with Crippen LogP contribution in [0.15, 0.2) is 36.5 Å². The van der Waals surface area contributed by atoms with Crippen molar-refractivity contribution < 1.29 is 28.6 Å². The van der Waals surface area contributed by atoms with Crippen molar-refractivity contribution in [3.63, 3.8) is 0 Å². The Morgan fingerprint density at radius 1 is 1.06 bits per heavy atom. The van der Waals surface area contributed by atoms with E-state index in [4.69, 9.17) is 14.2 Å². The minimum atomic E-state index is -0.595. The van der Waals surface area contributed by atoms with E-state index in [-0.39, 0.29) is 17.8 Å². The third kappa shape index (κ3) is 5.32. The Hall–Kier alpha value is -3.13. The van der Waals surface area contributed by atoms with Gasteiger partial charge in [0.1, 0.15) is 18.1 Å². The van der Waals surface area contributed by atoms with E-state index in [2.05, 4.69) is 4.98 Å². The van der Waals surface area contributed by atoms with Gasteiger partial charge in [-0.3, -0.25) is 9.59 Å². The van der Waals surface area contributed by atoms with Gasteiger partial charge >= 0.3 is 5.97 Å². The molecule has 8 nitrogen and oxygen atoms in total. The summed E-state index contributed by atoms with van der Waals surface area (Å²) in [5.41, 5.74) is 1.01. The first-order chi connectivity index (χ1) is 15.1. The van der Waals surface area contributed by atoms with Gasteiger partial charge in [0, 0.05) is 31.5 Å². The largest absolute Gasteiger partial charge is 0.491 e. The van der Waals surface area contributed by atoms with E-state index < -0.39 is 12.6 Å². The second-order valence-corrected chi connectivity index (χ2v) is 7.77. The van der Waals surface area contributed by atoms with Gasteiger partial charge in [0.05, 0.1) is 11.7 Å². The average Bonchev–Trinajstić information content (AvgIpc) is 3.58. The summed E-state index contributed by atoms with van der Waals surface area (Å²) in [7, 11) is 0. The summed E-state index contributed by atoms with van der Waals surface area (Å²) in [6.45, 7) is 2.33. The first-order valence-electron chi connectivity index (χ1n) is 10.6. The van der Waals surface area contributed by atoms with E-state index in [0.717, 1.165) is 45.4 Å². The lowest BCUT2D eigenvalue weighted by Gasteiger charge is -2.13. The molecule has 0 spiro atoms. The number of H-pyrrole nitrogens is 1. The molecule has 1 aromatic heterocycles. The molecule has 1 unspecified atom stereocenters. The molecule has 2 saturated heterocycles. The zero-order valence-electron chi connectivity index (χ0n) is 17.3. The number of carbonyl (C=O) groups excluding carboxylic acids is 3. The van der Waals surface area contributed by atoms with Crippen LogP contribution >= 0.6 is 0 Å². The quantitative estimate of drug-likeness (QED) is 0.515. The first kappa shape index (κ1) is 21.1. The number of hydrogen-bond acceptors (Lipinski definition) is 6. The van der Waals surface area contributed by atoms with Crippen molar-refractivity contribution in [3.05, 3.63) is 53.3 Å². The predicted octanol–water partition coefficient (Wildman–Crippen LogP) is 2.85. The molecule has 1 atom stereocenters. The summed E-state index contributed by atoms with van der Waals surface area (Å²) < 4.78 is 16.3. The molecule has 1 amide bonds. The fourth-order valence-electron chi connectivity index (χ4n) is 3.72. The smallest absolute Gasteiger partial charge is 0.338 e. The van der Waals surface area contributed by atoms with Crippen LogP contribution in [-0.4, -0.2) is 66.6 Å². The number of esters is 1. The maximum absolute atomic E-state index is 12.4. The normalized spacial score (nSPS) is 18.2. The molecule has 164 valence electrons. The maximum atomic E-state index is 12.4. The van der Waals surface area contributed by atoms with Crippen LogP contribution in [0.2, 0.25) is 0 Å². The fraction of sp³-hybridized carbons (Fsp3) is 0.435. The van der Waals surface area contributed by atoms with Crippen LogP contribution in [-0.2, 0) is 9.47 Å². The van der Waals surface area contributed by atoms with Gasteiger partial charge in [-0.15, -0.1) is 0 Å². The molecule has 3 heterocycles. The molecule has 0 aliphatic carbocycles. The second-order valence-electron chi connectivity index (χ2n) is 7.77. The van der Waals surface area contributed by atoms with Crippen molar-refractivity contribution in [2.75, 3.05) is 32.9 Å². The van der Waals surface area contributed by atoms with Crippen LogP contribution in [0.3, 0.4) is 0 Å². The number of Topliss-reactive ketones (excluding diaryl/α,β-unsaturated/α-hetero) is 1. The van der Waals surface area contributed by atoms with E-state index in [1.807, 2.05) is 0 Å². The van der Waals surface area contributed by atoms with Crippen LogP contribution in [0.1, 0.15) is 56.9 Å². The number of benzene rings is 1. The van der Waals surface area contributed by atoms with Gasteiger partial charge in [0.25, 0.3) is 5.91 Å². The Balaban J connectivity index is 1.25. The number of hydrogen-bond donors (Lipinski definition) is 1. The summed E-state index contributed by atoms with van der Waals surface area (Å²) in [5.74, 6) is -0.439. The Morgan fingerprint density at radius 3 is 2.55 bits per heavy atom. The number of carbonyl (C=O) groups is 3. The van der Waals surface area contributed by atoms with Crippen LogP contribution in [0, 0.1) is 0 Å². The Bertz CT molecular complexity index is 924. The highest BCUT2D eigenvalue weighted by atomic mass is 16.5. The van der Waals surface area contributed by atoms with Crippen molar-refractivity contribution in [1.82, 2.24) is 9.88 Å². The number of nitrogens with zero attached hydrogens (tertiary/aromatic N) is 1. The fourth-order valence-corrected chi connectivity index (χ4v) is 3.72. The number of likely N-dealkylation sites (tertiary alicyclic amines) is 1. The van der Waals surface area contributed by atoms with E-state index in [1.165, 1.54) is 12.3 Å². The Morgan fingerprint density at radius 2 is 1.84 bits per heavy atom. The summed E-state index contributed by atoms with van der Waals surface area (Å²) in [6.07, 6.45) is 5.63. The molecule has 0 bridgehead atoms. The molecule has 4 rings (SSSR count). The third-order valence-electron chi connectivity index (χ3n) is 5.51. The van der Waals surface area contributed by atoms with Crippen molar-refractivity contribution in [3.8, 4) is 5.75 Å². The van der Waals surface area contributed by atoms with Gasteiger partial charge in [-0.25, -0.2) is 4.79 Å². The van der Waals surface area contributed by atoms with Crippen LogP contribution in [0.25, 0.3) is 0 Å². The summed E-state index contributed by atoms with van der Waals surface area (Å²) in [5, 5.41) is 0. The molecule has 0 radical (unpaired) electrons. The van der Waals surface area contributed by atoms with E-state index in [1.54, 1.807) is 29.2 Å². The lowest BCUT2D eigenvalue weighted by molar-refractivity contribution is 0.0474. The molecule has 1 aromatic carbocycles. The molecule has 0 saturated carbocycles. The topological polar surface area (TPSA) is 97.9 Å². The van der Waals surface area contributed by atoms with Crippen molar-refractivity contribution in [1.29, 1.82) is 0 Å². The number of nitrogens with one attached hydrogen (secondary N) is 1. The molecule has 2 aromatic rings. The molecule has 2 fully saturated rings. The number of amides is 1. The minimum absolute atomic E-state index is 0.115. The highest BCUT2D eigenvalue weighted by molar-refractivity contribution is 6.02. The number of rotatable bonds is 8. The summed E-state index contributed by atoms with van der Waals surface area (Å²) >= 11 is 0. The van der Waals surface area contributed by atoms with Crippen molar-refractivity contribution in [2.24, 2.45) is 0 Å². The van der Waals surface area contributed by atoms with E-state index in [0.29, 0.717) is 29.2 Å². The van der Waals surface area contributed by atoms with Gasteiger partial charge in [-0.05, 0) is 56.0 Å². The molecule has 8 heteroatoms. The van der Waals surface area contributed by atoms with Crippen molar-refractivity contribution >= 4 is 17.7 Å². The minimum Gasteiger partial charge on any atom is -0.491 e. The second kappa shape index (κ2) is 9.78. The zero-order chi connectivity index (χ0) is 21.6. The summed E-state index contributed by atoms with van der Waals surface area (Å²) in [4.78, 5) is 41.6. The summed E-state index contributed by atoms with van der Waals surface area (Å²) in [6, 6.07) is 8.09. The highest BCUT2D eigenvalue weighted by Crippen LogP contribution is 2.17. The lowest BCUT2D eigenvalue weighted by atomic mass is 10.2. The monoisotopic (exact) mass is 426 g/mol. The number of ketones is 1. The zero-order valence-corrected chi connectivity index (χ0v) is 17.3. The molecular weight excluding hydrogens is 400 g/mol. The molecule has 2 aliphatic rings. The number of ether oxygens (including phenoxy) is 3. The molecular formula is C23H26N2O6. The SMILES string of the molecule is O=C(COC(=O)c1ccc(OCC2CCCO2)cc1)c1c[nH]c(C(=O)N2CCCC2)c1. The highest BCUT2D eigenvalue weighted by Gasteiger charge is 2.22. The van der Waals surface area contributed by atoms with Crippen molar-refractivity contribution in [2.45, 2.75) is 31.8 Å². The van der Waals surface area contributed by atoms with Gasteiger partial charge in [-0.1, -0.05) is 0 Å². The molecule has 2 aliphatic heterocycles. The van der Waals surface area contributed by atoms with Gasteiger partial charge < -0.3 is 24.1 Å². The van der Waals surface area contributed by atoms with E-state index >= 15 is 0 Å². The van der Waals surface area contributed by atoms with Crippen LogP contribution in [0.5, 0.6) is 5.75 Å². The number of aromatic nitrogens is 1. The Labute approximate surface area is 180 Å². The van der Waals surface area contributed by atoms with Crippen LogP contribution < -0.4 is 4.74 Å². The van der Waals surface area contributed by atoms with E-state index in [9.17, 15) is 14.4 Å². The predicted molar refractivity (Wildman–Crippen MR) is 111 cm³/mol. The molecule has 1 N–H and O–H groups in total. The number of aromatic amines is 1. The lowest BCUT2D eigenvalue weighted by Crippen LogP contribution is -2.27.